The summed E-state index contributed by atoms with van der Waals surface area (Å²) in [5, 5.41) is 12.1. The van der Waals surface area contributed by atoms with Crippen molar-refractivity contribution < 1.29 is 14.7 Å². The van der Waals surface area contributed by atoms with Crippen molar-refractivity contribution in [1.82, 2.24) is 4.90 Å². The van der Waals surface area contributed by atoms with Crippen LogP contribution in [0.4, 0.5) is 5.69 Å². The van der Waals surface area contributed by atoms with Crippen molar-refractivity contribution in [2.45, 2.75) is 19.8 Å². The quantitative estimate of drug-likeness (QED) is 0.805. The Kier molecular flexibility index (Phi) is 6.95. The van der Waals surface area contributed by atoms with Crippen LogP contribution in [0.3, 0.4) is 0 Å². The minimum atomic E-state index is -0.842. The fourth-order valence-electron chi connectivity index (χ4n) is 1.77. The zero-order valence-corrected chi connectivity index (χ0v) is 13.5. The van der Waals surface area contributed by atoms with Crippen LogP contribution < -0.4 is 5.32 Å². The Balaban J connectivity index is 2.54. The molecule has 0 aliphatic heterocycles. The lowest BCUT2D eigenvalue weighted by Gasteiger charge is -2.17. The molecule has 7 heteroatoms. The second-order valence-electron chi connectivity index (χ2n) is 4.84. The van der Waals surface area contributed by atoms with E-state index in [1.54, 1.807) is 24.1 Å². The van der Waals surface area contributed by atoms with Crippen molar-refractivity contribution in [3.63, 3.8) is 0 Å². The molecule has 1 aromatic rings. The molecule has 0 aromatic heterocycles. The molecule has 21 heavy (non-hydrogen) atoms. The number of benzene rings is 1. The molecule has 1 aromatic carbocycles. The van der Waals surface area contributed by atoms with Gasteiger partial charge in [0.15, 0.2) is 0 Å². The molecule has 0 radical (unpaired) electrons. The predicted molar refractivity (Wildman–Crippen MR) is 84.2 cm³/mol. The van der Waals surface area contributed by atoms with Gasteiger partial charge in [-0.25, -0.2) is 0 Å². The molecule has 1 amide bonds. The van der Waals surface area contributed by atoms with Crippen LogP contribution >= 0.6 is 23.2 Å². The monoisotopic (exact) mass is 332 g/mol. The van der Waals surface area contributed by atoms with Crippen LogP contribution in [0.5, 0.6) is 0 Å². The highest BCUT2D eigenvalue weighted by Crippen LogP contribution is 2.32. The van der Waals surface area contributed by atoms with Crippen LogP contribution in [-0.2, 0) is 9.59 Å². The molecule has 0 unspecified atom stereocenters. The maximum Gasteiger partial charge on any atom is 0.303 e. The number of aliphatic carboxylic acids is 1. The first-order valence-electron chi connectivity index (χ1n) is 6.46. The Morgan fingerprint density at radius 1 is 1.33 bits per heavy atom. The Hall–Kier alpha value is -1.30. The van der Waals surface area contributed by atoms with E-state index in [0.717, 1.165) is 5.56 Å². The lowest BCUT2D eigenvalue weighted by molar-refractivity contribution is -0.137. The number of rotatable bonds is 7. The third-order valence-corrected chi connectivity index (χ3v) is 3.69. The first kappa shape index (κ1) is 17.8. The molecule has 0 heterocycles. The number of hydrogen-bond donors (Lipinski definition) is 2. The van der Waals surface area contributed by atoms with Crippen LogP contribution in [0.2, 0.25) is 10.0 Å². The van der Waals surface area contributed by atoms with E-state index in [9.17, 15) is 9.59 Å². The van der Waals surface area contributed by atoms with Crippen molar-refractivity contribution in [3.8, 4) is 0 Å². The summed E-state index contributed by atoms with van der Waals surface area (Å²) in [4.78, 5) is 24.1. The minimum absolute atomic E-state index is 0.0848. The third-order valence-electron chi connectivity index (χ3n) is 2.89. The van der Waals surface area contributed by atoms with Crippen molar-refractivity contribution >= 4 is 40.8 Å². The summed E-state index contributed by atoms with van der Waals surface area (Å²) in [6.07, 6.45) is 0.576. The van der Waals surface area contributed by atoms with E-state index in [1.807, 2.05) is 6.92 Å². The molecule has 0 saturated carbocycles. The molecule has 0 aliphatic carbocycles. The van der Waals surface area contributed by atoms with E-state index in [4.69, 9.17) is 28.3 Å². The smallest absolute Gasteiger partial charge is 0.303 e. The zero-order chi connectivity index (χ0) is 16.0. The summed E-state index contributed by atoms with van der Waals surface area (Å²) in [6, 6.07) is 3.45. The maximum absolute atomic E-state index is 11.9. The normalized spacial score (nSPS) is 10.7. The van der Waals surface area contributed by atoms with Gasteiger partial charge in [0.25, 0.3) is 0 Å². The van der Waals surface area contributed by atoms with Crippen molar-refractivity contribution in [1.29, 1.82) is 0 Å². The first-order chi connectivity index (χ1) is 9.81. The highest BCUT2D eigenvalue weighted by molar-refractivity contribution is 6.40. The van der Waals surface area contributed by atoms with Gasteiger partial charge in [-0.05, 0) is 38.6 Å². The number of carboxylic acid groups (broad SMARTS) is 1. The number of nitrogens with one attached hydrogen (secondary N) is 1. The molecule has 2 N–H and O–H groups in total. The molecule has 0 bridgehead atoms. The number of aryl methyl sites for hydroxylation is 1. The number of carbonyl (C=O) groups excluding carboxylic acids is 1. The van der Waals surface area contributed by atoms with Gasteiger partial charge in [-0.3, -0.25) is 14.5 Å². The molecule has 1 rings (SSSR count). The topological polar surface area (TPSA) is 69.6 Å². The van der Waals surface area contributed by atoms with Gasteiger partial charge in [-0.15, -0.1) is 0 Å². The van der Waals surface area contributed by atoms with Crippen LogP contribution in [0.15, 0.2) is 12.1 Å². The van der Waals surface area contributed by atoms with E-state index in [-0.39, 0.29) is 18.9 Å². The number of likely N-dealkylation sites (N-methyl/N-ethyl adjacent to an activating group) is 1. The van der Waals surface area contributed by atoms with E-state index < -0.39 is 5.97 Å². The number of amides is 1. The molecule has 5 nitrogen and oxygen atoms in total. The molecule has 116 valence electrons. The van der Waals surface area contributed by atoms with Gasteiger partial charge in [-0.1, -0.05) is 29.3 Å². The average Bonchev–Trinajstić information content (AvgIpc) is 2.38. The van der Waals surface area contributed by atoms with Gasteiger partial charge >= 0.3 is 5.97 Å². The maximum atomic E-state index is 11.9. The SMILES string of the molecule is Cc1ccc(Cl)c(NC(=O)CN(C)CCCC(=O)O)c1Cl. The van der Waals surface area contributed by atoms with Crippen LogP contribution in [0.1, 0.15) is 18.4 Å². The Morgan fingerprint density at radius 2 is 2.00 bits per heavy atom. The van der Waals surface area contributed by atoms with Gasteiger partial charge in [0.05, 0.1) is 22.3 Å². The van der Waals surface area contributed by atoms with Gasteiger partial charge < -0.3 is 10.4 Å². The minimum Gasteiger partial charge on any atom is -0.481 e. The van der Waals surface area contributed by atoms with Gasteiger partial charge in [0.1, 0.15) is 0 Å². The van der Waals surface area contributed by atoms with Crippen molar-refractivity contribution in [3.05, 3.63) is 27.7 Å². The van der Waals surface area contributed by atoms with Crippen LogP contribution in [-0.4, -0.2) is 42.0 Å². The van der Waals surface area contributed by atoms with Crippen molar-refractivity contribution in [2.75, 3.05) is 25.5 Å². The molecule has 0 atom stereocenters. The standard InChI is InChI=1S/C14H18Cl2N2O3/c1-9-5-6-10(15)14(13(9)16)17-11(19)8-18(2)7-3-4-12(20)21/h5-6H,3-4,7-8H2,1-2H3,(H,17,19)(H,20,21). The second kappa shape index (κ2) is 8.22. The number of carbonyl (C=O) groups is 2. The summed E-state index contributed by atoms with van der Waals surface area (Å²) >= 11 is 12.1. The molecular formula is C14H18Cl2N2O3. The molecule has 0 spiro atoms. The van der Waals surface area contributed by atoms with Crippen LogP contribution in [0.25, 0.3) is 0 Å². The number of carboxylic acids is 1. The Bertz CT molecular complexity index is 535. The summed E-state index contributed by atoms with van der Waals surface area (Å²) in [7, 11) is 1.75. The summed E-state index contributed by atoms with van der Waals surface area (Å²) < 4.78 is 0. The first-order valence-corrected chi connectivity index (χ1v) is 7.21. The second-order valence-corrected chi connectivity index (χ2v) is 5.62. The molecular weight excluding hydrogens is 315 g/mol. The average molecular weight is 333 g/mol. The highest BCUT2D eigenvalue weighted by atomic mass is 35.5. The van der Waals surface area contributed by atoms with Gasteiger partial charge in [0, 0.05) is 6.42 Å². The van der Waals surface area contributed by atoms with Crippen LogP contribution in [0, 0.1) is 6.92 Å². The molecule has 0 saturated heterocycles. The Labute approximate surface area is 133 Å². The number of nitrogens with zero attached hydrogens (tertiary/aromatic N) is 1. The Morgan fingerprint density at radius 3 is 2.62 bits per heavy atom. The summed E-state index contributed by atoms with van der Waals surface area (Å²) in [5.41, 5.74) is 1.23. The highest BCUT2D eigenvalue weighted by Gasteiger charge is 2.13. The molecule has 0 fully saturated rings. The summed E-state index contributed by atoms with van der Waals surface area (Å²) in [5.74, 6) is -1.09. The fraction of sp³-hybridized carbons (Fsp3) is 0.429. The number of anilines is 1. The fourth-order valence-corrected chi connectivity index (χ4v) is 2.24. The lowest BCUT2D eigenvalue weighted by atomic mass is 10.2. The number of hydrogen-bond acceptors (Lipinski definition) is 3. The van der Waals surface area contributed by atoms with Gasteiger partial charge in [-0.2, -0.15) is 0 Å². The van der Waals surface area contributed by atoms with Crippen molar-refractivity contribution in [2.24, 2.45) is 0 Å². The summed E-state index contributed by atoms with van der Waals surface area (Å²) in [6.45, 7) is 2.49. The van der Waals surface area contributed by atoms with E-state index in [2.05, 4.69) is 5.32 Å². The largest absolute Gasteiger partial charge is 0.481 e. The zero-order valence-electron chi connectivity index (χ0n) is 11.9. The van der Waals surface area contributed by atoms with Gasteiger partial charge in [0.2, 0.25) is 5.91 Å². The lowest BCUT2D eigenvalue weighted by Crippen LogP contribution is -2.31. The van der Waals surface area contributed by atoms with E-state index >= 15 is 0 Å². The van der Waals surface area contributed by atoms with E-state index in [0.29, 0.717) is 28.7 Å². The number of halogens is 2. The molecule has 0 aliphatic rings. The van der Waals surface area contributed by atoms with E-state index in [1.165, 1.54) is 0 Å². The third kappa shape index (κ3) is 5.91. The predicted octanol–water partition coefficient (Wildman–Crippen LogP) is 3.04.